The topological polar surface area (TPSA) is 50.7 Å². The Morgan fingerprint density at radius 3 is 2.67 bits per heavy atom. The number of halogens is 1. The van der Waals surface area contributed by atoms with Crippen molar-refractivity contribution in [2.45, 2.75) is 37.1 Å². The van der Waals surface area contributed by atoms with Gasteiger partial charge in [0.05, 0.1) is 0 Å². The fourth-order valence-electron chi connectivity index (χ4n) is 2.34. The van der Waals surface area contributed by atoms with Crippen molar-refractivity contribution in [2.75, 3.05) is 5.32 Å². The minimum absolute atomic E-state index is 0.346. The summed E-state index contributed by atoms with van der Waals surface area (Å²) >= 11 is 6.10. The number of nitrogens with zero attached hydrogens (tertiary/aromatic N) is 3. The standard InChI is InChI=1S/C13H15ClN4/c14-9-1-3-10(4-2-9)17-12-6-5-11-13(18-12)16-8-7-15-11/h5-10H,1-4H2,(H,16,17,18). The van der Waals surface area contributed by atoms with Crippen LogP contribution in [0.2, 0.25) is 0 Å². The molecule has 3 rings (SSSR count). The zero-order valence-electron chi connectivity index (χ0n) is 10.0. The molecule has 0 aromatic carbocycles. The fourth-order valence-corrected chi connectivity index (χ4v) is 2.59. The van der Waals surface area contributed by atoms with Crippen LogP contribution in [0.15, 0.2) is 24.5 Å². The molecule has 0 amide bonds. The van der Waals surface area contributed by atoms with Gasteiger partial charge in [0, 0.05) is 23.8 Å². The average Bonchev–Trinajstić information content (AvgIpc) is 2.41. The van der Waals surface area contributed by atoms with Gasteiger partial charge in [0.25, 0.3) is 0 Å². The second kappa shape index (κ2) is 5.06. The van der Waals surface area contributed by atoms with E-state index in [9.17, 15) is 0 Å². The van der Waals surface area contributed by atoms with Crippen LogP contribution in [0.1, 0.15) is 25.7 Å². The molecule has 1 aliphatic rings. The highest BCUT2D eigenvalue weighted by Gasteiger charge is 2.19. The Kier molecular flexibility index (Phi) is 3.28. The van der Waals surface area contributed by atoms with Crippen LogP contribution in [0.5, 0.6) is 0 Å². The number of alkyl halides is 1. The molecule has 1 N–H and O–H groups in total. The summed E-state index contributed by atoms with van der Waals surface area (Å²) in [6.45, 7) is 0. The molecule has 4 nitrogen and oxygen atoms in total. The van der Waals surface area contributed by atoms with Gasteiger partial charge in [-0.25, -0.2) is 9.97 Å². The predicted octanol–water partition coefficient (Wildman–Crippen LogP) is 2.99. The summed E-state index contributed by atoms with van der Waals surface area (Å²) in [4.78, 5) is 12.9. The van der Waals surface area contributed by atoms with E-state index in [1.807, 2.05) is 12.1 Å². The number of hydrogen-bond acceptors (Lipinski definition) is 4. The summed E-state index contributed by atoms with van der Waals surface area (Å²) in [5.41, 5.74) is 1.51. The van der Waals surface area contributed by atoms with E-state index >= 15 is 0 Å². The van der Waals surface area contributed by atoms with Gasteiger partial charge >= 0.3 is 0 Å². The van der Waals surface area contributed by atoms with Crippen molar-refractivity contribution in [1.29, 1.82) is 0 Å². The Bertz CT molecular complexity index is 537. The van der Waals surface area contributed by atoms with E-state index in [1.165, 1.54) is 0 Å². The lowest BCUT2D eigenvalue weighted by molar-refractivity contribution is 0.467. The molecule has 0 aliphatic heterocycles. The molecular weight excluding hydrogens is 248 g/mol. The lowest BCUT2D eigenvalue weighted by atomic mass is 9.95. The number of rotatable bonds is 2. The van der Waals surface area contributed by atoms with Crippen molar-refractivity contribution in [1.82, 2.24) is 15.0 Å². The normalized spacial score (nSPS) is 24.1. The zero-order valence-corrected chi connectivity index (χ0v) is 10.8. The van der Waals surface area contributed by atoms with Crippen LogP contribution in [0.4, 0.5) is 5.82 Å². The van der Waals surface area contributed by atoms with E-state index in [4.69, 9.17) is 11.6 Å². The average molecular weight is 263 g/mol. The molecule has 2 aromatic heterocycles. The van der Waals surface area contributed by atoms with E-state index in [0.717, 1.165) is 37.0 Å². The third-order valence-corrected chi connectivity index (χ3v) is 3.78. The Hall–Kier alpha value is -1.42. The van der Waals surface area contributed by atoms with Crippen LogP contribution in [-0.2, 0) is 0 Å². The van der Waals surface area contributed by atoms with Crippen LogP contribution in [0.3, 0.4) is 0 Å². The quantitative estimate of drug-likeness (QED) is 0.846. The maximum Gasteiger partial charge on any atom is 0.180 e. The molecule has 1 aliphatic carbocycles. The van der Waals surface area contributed by atoms with Crippen molar-refractivity contribution in [3.63, 3.8) is 0 Å². The van der Waals surface area contributed by atoms with Crippen molar-refractivity contribution in [2.24, 2.45) is 0 Å². The van der Waals surface area contributed by atoms with Gasteiger partial charge in [-0.1, -0.05) is 0 Å². The van der Waals surface area contributed by atoms with Gasteiger partial charge in [-0.15, -0.1) is 11.6 Å². The summed E-state index contributed by atoms with van der Waals surface area (Å²) in [5.74, 6) is 0.876. The number of fused-ring (bicyclic) bond motifs is 1. The van der Waals surface area contributed by atoms with E-state index < -0.39 is 0 Å². The Morgan fingerprint density at radius 2 is 1.83 bits per heavy atom. The van der Waals surface area contributed by atoms with Gasteiger partial charge in [-0.05, 0) is 37.8 Å². The van der Waals surface area contributed by atoms with Crippen molar-refractivity contribution < 1.29 is 0 Å². The molecule has 0 spiro atoms. The summed E-state index contributed by atoms with van der Waals surface area (Å²) in [6, 6.07) is 4.39. The van der Waals surface area contributed by atoms with Crippen LogP contribution >= 0.6 is 11.6 Å². The molecule has 0 atom stereocenters. The van der Waals surface area contributed by atoms with Crippen molar-refractivity contribution >= 4 is 28.6 Å². The lowest BCUT2D eigenvalue weighted by Gasteiger charge is -2.26. The summed E-state index contributed by atoms with van der Waals surface area (Å²) in [7, 11) is 0. The van der Waals surface area contributed by atoms with E-state index in [1.54, 1.807) is 12.4 Å². The Balaban J connectivity index is 1.74. The van der Waals surface area contributed by atoms with E-state index in [2.05, 4.69) is 20.3 Å². The molecule has 1 fully saturated rings. The van der Waals surface area contributed by atoms with Gasteiger partial charge in [0.1, 0.15) is 11.3 Å². The molecule has 1 saturated carbocycles. The second-order valence-electron chi connectivity index (χ2n) is 4.69. The zero-order chi connectivity index (χ0) is 12.4. The smallest absolute Gasteiger partial charge is 0.180 e. The highest BCUT2D eigenvalue weighted by molar-refractivity contribution is 6.20. The molecule has 0 radical (unpaired) electrons. The second-order valence-corrected chi connectivity index (χ2v) is 5.31. The minimum Gasteiger partial charge on any atom is -0.367 e. The Morgan fingerprint density at radius 1 is 1.06 bits per heavy atom. The Labute approximate surface area is 111 Å². The highest BCUT2D eigenvalue weighted by atomic mass is 35.5. The maximum absolute atomic E-state index is 6.10. The predicted molar refractivity (Wildman–Crippen MR) is 72.9 cm³/mol. The van der Waals surface area contributed by atoms with Crippen LogP contribution in [-0.4, -0.2) is 26.4 Å². The number of nitrogens with one attached hydrogen (secondary N) is 1. The third kappa shape index (κ3) is 2.53. The minimum atomic E-state index is 0.346. The van der Waals surface area contributed by atoms with Gasteiger partial charge < -0.3 is 5.32 Å². The van der Waals surface area contributed by atoms with Crippen LogP contribution < -0.4 is 5.32 Å². The van der Waals surface area contributed by atoms with E-state index in [-0.39, 0.29) is 0 Å². The first-order valence-corrected chi connectivity index (χ1v) is 6.73. The first kappa shape index (κ1) is 11.7. The molecule has 5 heteroatoms. The first-order chi connectivity index (χ1) is 8.81. The van der Waals surface area contributed by atoms with Gasteiger partial charge in [-0.3, -0.25) is 4.98 Å². The summed E-state index contributed by atoms with van der Waals surface area (Å²) in [5, 5.41) is 3.80. The van der Waals surface area contributed by atoms with Gasteiger partial charge in [0.15, 0.2) is 5.65 Å². The lowest BCUT2D eigenvalue weighted by Crippen LogP contribution is -2.26. The number of anilines is 1. The van der Waals surface area contributed by atoms with Crippen LogP contribution in [0.25, 0.3) is 11.2 Å². The molecule has 18 heavy (non-hydrogen) atoms. The number of pyridine rings is 1. The largest absolute Gasteiger partial charge is 0.367 e. The number of aromatic nitrogens is 3. The fraction of sp³-hybridized carbons (Fsp3) is 0.462. The molecule has 94 valence electrons. The van der Waals surface area contributed by atoms with Crippen molar-refractivity contribution in [3.05, 3.63) is 24.5 Å². The molecule has 0 bridgehead atoms. The highest BCUT2D eigenvalue weighted by Crippen LogP contribution is 2.25. The SMILES string of the molecule is ClC1CCC(Nc2ccc3nccnc3n2)CC1. The third-order valence-electron chi connectivity index (χ3n) is 3.34. The van der Waals surface area contributed by atoms with E-state index in [0.29, 0.717) is 17.1 Å². The monoisotopic (exact) mass is 262 g/mol. The molecule has 0 unspecified atom stereocenters. The maximum atomic E-state index is 6.10. The molecule has 0 saturated heterocycles. The van der Waals surface area contributed by atoms with Crippen molar-refractivity contribution in [3.8, 4) is 0 Å². The van der Waals surface area contributed by atoms with Gasteiger partial charge in [0.2, 0.25) is 0 Å². The van der Waals surface area contributed by atoms with Crippen LogP contribution in [0, 0.1) is 0 Å². The summed E-state index contributed by atoms with van der Waals surface area (Å²) in [6.07, 6.45) is 7.71. The first-order valence-electron chi connectivity index (χ1n) is 6.29. The molecule has 2 aromatic rings. The van der Waals surface area contributed by atoms with Gasteiger partial charge in [-0.2, -0.15) is 0 Å². The molecule has 2 heterocycles. The molecular formula is C13H15ClN4. The number of hydrogen-bond donors (Lipinski definition) is 1. The summed E-state index contributed by atoms with van der Waals surface area (Å²) < 4.78 is 0.